The Hall–Kier alpha value is -2.75. The minimum Gasteiger partial charge on any atom is -0.444 e. The van der Waals surface area contributed by atoms with Crippen LogP contribution in [0.2, 0.25) is 5.15 Å². The number of rotatable bonds is 6. The zero-order chi connectivity index (χ0) is 29.5. The van der Waals surface area contributed by atoms with Gasteiger partial charge in [-0.1, -0.05) is 22.9 Å². The van der Waals surface area contributed by atoms with Gasteiger partial charge in [-0.05, 0) is 53.4 Å². The van der Waals surface area contributed by atoms with Crippen molar-refractivity contribution in [3.8, 4) is 10.8 Å². The molecule has 2 fully saturated rings. The minimum absolute atomic E-state index is 0.0441. The Morgan fingerprint density at radius 3 is 2.63 bits per heavy atom. The van der Waals surface area contributed by atoms with Crippen molar-refractivity contribution in [2.24, 2.45) is 0 Å². The van der Waals surface area contributed by atoms with Gasteiger partial charge in [-0.15, -0.1) is 10.2 Å². The predicted molar refractivity (Wildman–Crippen MR) is 148 cm³/mol. The van der Waals surface area contributed by atoms with E-state index in [0.717, 1.165) is 6.42 Å². The lowest BCUT2D eigenvalue weighted by Gasteiger charge is -2.32. The summed E-state index contributed by atoms with van der Waals surface area (Å²) in [4.78, 5) is 19.1. The zero-order valence-corrected chi connectivity index (χ0v) is 25.2. The molecule has 3 aromatic heterocycles. The van der Waals surface area contributed by atoms with Crippen molar-refractivity contribution in [2.45, 2.75) is 87.9 Å². The molecule has 11 nitrogen and oxygen atoms in total. The number of amides is 1. The van der Waals surface area contributed by atoms with Crippen molar-refractivity contribution in [1.29, 1.82) is 0 Å². The summed E-state index contributed by atoms with van der Waals surface area (Å²) >= 11 is 7.29. The Morgan fingerprint density at radius 1 is 1.29 bits per heavy atom. The van der Waals surface area contributed by atoms with E-state index in [9.17, 15) is 22.0 Å². The van der Waals surface area contributed by atoms with E-state index in [1.165, 1.54) is 16.7 Å². The fourth-order valence-electron chi connectivity index (χ4n) is 5.24. The highest BCUT2D eigenvalue weighted by Crippen LogP contribution is 2.40. The second-order valence-corrected chi connectivity index (χ2v) is 15.0. The van der Waals surface area contributed by atoms with E-state index in [1.54, 1.807) is 4.90 Å². The molecule has 0 spiro atoms. The van der Waals surface area contributed by atoms with E-state index in [0.29, 0.717) is 48.3 Å². The van der Waals surface area contributed by atoms with Gasteiger partial charge in [0, 0.05) is 17.8 Å². The van der Waals surface area contributed by atoms with Crippen molar-refractivity contribution in [3.63, 3.8) is 0 Å². The third-order valence-corrected chi connectivity index (χ3v) is 10.2. The molecule has 41 heavy (non-hydrogen) atoms. The molecule has 0 radical (unpaired) electrons. The van der Waals surface area contributed by atoms with Gasteiger partial charge in [0.15, 0.2) is 39.3 Å². The van der Waals surface area contributed by atoms with Crippen LogP contribution >= 0.6 is 22.9 Å². The van der Waals surface area contributed by atoms with Gasteiger partial charge in [0.1, 0.15) is 16.5 Å². The fraction of sp³-hybridized carbons (Fsp3) is 0.560. The number of carbonyl (C=O) groups is 1. The zero-order valence-electron chi connectivity index (χ0n) is 22.8. The molecule has 2 atom stereocenters. The van der Waals surface area contributed by atoms with Crippen LogP contribution in [0.15, 0.2) is 17.2 Å². The number of hydrogen-bond donors (Lipinski definition) is 1. The predicted octanol–water partition coefficient (Wildman–Crippen LogP) is 4.77. The number of fused-ring (bicyclic) bond motifs is 3. The van der Waals surface area contributed by atoms with Crippen LogP contribution < -0.4 is 4.72 Å². The van der Waals surface area contributed by atoms with Gasteiger partial charge < -0.3 is 4.74 Å². The van der Waals surface area contributed by atoms with E-state index in [-0.39, 0.29) is 33.0 Å². The molecule has 6 rings (SSSR count). The summed E-state index contributed by atoms with van der Waals surface area (Å²) in [6, 6.07) is 1.08. The van der Waals surface area contributed by atoms with Crippen molar-refractivity contribution in [2.75, 3.05) is 6.54 Å². The highest BCUT2D eigenvalue weighted by atomic mass is 35.5. The number of ether oxygens (including phenoxy) is 1. The summed E-state index contributed by atoms with van der Waals surface area (Å²) in [6.45, 7) is 7.64. The molecular formula is C25H29ClF2N7O4S2+. The first kappa shape index (κ1) is 28.4. The summed E-state index contributed by atoms with van der Waals surface area (Å²) < 4.78 is 65.4. The molecule has 5 heterocycles. The van der Waals surface area contributed by atoms with Gasteiger partial charge in [-0.2, -0.15) is 4.58 Å². The maximum atomic E-state index is 13.5. The number of nitrogens with zero attached hydrogens (tertiary/aromatic N) is 6. The number of carbonyl (C=O) groups excluding carboxylic acids is 1. The van der Waals surface area contributed by atoms with E-state index in [4.69, 9.17) is 16.3 Å². The summed E-state index contributed by atoms with van der Waals surface area (Å²) in [7, 11) is -3.98. The smallest absolute Gasteiger partial charge is 0.411 e. The number of halogens is 3. The number of alkyl halides is 2. The first-order chi connectivity index (χ1) is 19.1. The third-order valence-electron chi connectivity index (χ3n) is 7.38. The first-order valence-electron chi connectivity index (χ1n) is 13.1. The van der Waals surface area contributed by atoms with Crippen LogP contribution in [0.5, 0.6) is 0 Å². The highest BCUT2D eigenvalue weighted by molar-refractivity contribution is 7.89. The average molecular weight is 629 g/mol. The second-order valence-electron chi connectivity index (χ2n) is 11.9. The highest BCUT2D eigenvalue weighted by Gasteiger charge is 2.47. The molecular weight excluding hydrogens is 600 g/mol. The maximum absolute atomic E-state index is 13.5. The normalized spacial score (nSPS) is 22.0. The first-order valence-corrected chi connectivity index (χ1v) is 15.8. The second kappa shape index (κ2) is 9.64. The van der Waals surface area contributed by atoms with Crippen molar-refractivity contribution < 1.29 is 31.3 Å². The van der Waals surface area contributed by atoms with Crippen LogP contribution in [0.1, 0.15) is 64.8 Å². The van der Waals surface area contributed by atoms with Crippen LogP contribution in [0.3, 0.4) is 0 Å². The summed E-state index contributed by atoms with van der Waals surface area (Å²) in [6.07, 6.45) is 2.92. The molecule has 1 N–H and O–H groups in total. The Labute approximate surface area is 244 Å². The summed E-state index contributed by atoms with van der Waals surface area (Å²) in [5.41, 5.74) is -0.339. The van der Waals surface area contributed by atoms with Gasteiger partial charge in [0.05, 0.1) is 6.04 Å². The molecule has 16 heteroatoms. The molecule has 220 valence electrons. The van der Waals surface area contributed by atoms with Crippen molar-refractivity contribution in [1.82, 2.24) is 29.2 Å². The lowest BCUT2D eigenvalue weighted by Crippen LogP contribution is -2.51. The van der Waals surface area contributed by atoms with Crippen LogP contribution in [-0.2, 0) is 14.8 Å². The van der Waals surface area contributed by atoms with E-state index in [1.807, 2.05) is 38.5 Å². The molecule has 1 saturated heterocycles. The Bertz CT molecular complexity index is 1700. The molecule has 2 aliphatic heterocycles. The standard InChI is InChI=1S/C25H29ClF2N7O4S2/c1-24(2,3)39-23(36)35-13-5-6-14(35)11-33(10-13)16-9-15(41(37,38)32-25(4)7-8-25)12-34-17(16)18(26)29-20(34)22-31-30-21(40-22)19(27)28/h9-10,12-14,19,32H,5-8,11H2,1-4H3/q+1. The molecule has 1 amide bonds. The Balaban J connectivity index is 1.49. The average Bonchev–Trinajstić information content (AvgIpc) is 3.18. The van der Waals surface area contributed by atoms with Crippen LogP contribution in [-0.4, -0.2) is 79.6 Å². The number of nitrogens with one attached hydrogen (secondary N) is 1. The number of sulfonamides is 1. The fourth-order valence-corrected chi connectivity index (χ4v) is 7.68. The summed E-state index contributed by atoms with van der Waals surface area (Å²) in [5.74, 6) is 0.0979. The molecule has 2 bridgehead atoms. The van der Waals surface area contributed by atoms with Crippen molar-refractivity contribution in [3.05, 3.63) is 22.4 Å². The van der Waals surface area contributed by atoms with Crippen LogP contribution in [0.25, 0.3) is 16.3 Å². The van der Waals surface area contributed by atoms with E-state index in [2.05, 4.69) is 19.9 Å². The van der Waals surface area contributed by atoms with Gasteiger partial charge >= 0.3 is 6.09 Å². The molecule has 0 aromatic carbocycles. The van der Waals surface area contributed by atoms with Gasteiger partial charge in [0.2, 0.25) is 15.7 Å². The lowest BCUT2D eigenvalue weighted by atomic mass is 10.2. The molecule has 1 saturated carbocycles. The molecule has 3 aliphatic rings. The Morgan fingerprint density at radius 2 is 2.02 bits per heavy atom. The number of hydrogen-bond acceptors (Lipinski definition) is 8. The largest absolute Gasteiger partial charge is 0.444 e. The SMILES string of the molecule is CC1(NS(=O)(=O)c2cc([N+]3=CC4CCC(C3)N4C(=O)OC(C)(C)C)c3c(Cl)nc(-c4nnc(C(F)F)s4)n3c2)CC1. The maximum Gasteiger partial charge on any atom is 0.411 e. The van der Waals surface area contributed by atoms with Gasteiger partial charge in [-0.25, -0.2) is 31.7 Å². The van der Waals surface area contributed by atoms with E-state index >= 15 is 0 Å². The molecule has 1 aliphatic carbocycles. The summed E-state index contributed by atoms with van der Waals surface area (Å²) in [5, 5.41) is 7.06. The topological polar surface area (TPSA) is 122 Å². The molecule has 2 unspecified atom stereocenters. The van der Waals surface area contributed by atoms with Crippen LogP contribution in [0, 0.1) is 0 Å². The lowest BCUT2D eigenvalue weighted by molar-refractivity contribution is -0.448. The van der Waals surface area contributed by atoms with Gasteiger partial charge in [-0.3, -0.25) is 9.30 Å². The van der Waals surface area contributed by atoms with Crippen LogP contribution in [0.4, 0.5) is 19.3 Å². The van der Waals surface area contributed by atoms with Gasteiger partial charge in [0.25, 0.3) is 6.43 Å². The number of aromatic nitrogens is 4. The molecule has 3 aromatic rings. The number of pyridine rings is 1. The van der Waals surface area contributed by atoms with E-state index < -0.39 is 38.7 Å². The van der Waals surface area contributed by atoms with Crippen molar-refractivity contribution >= 4 is 56.5 Å². The number of imidazole rings is 1. The minimum atomic E-state index is -3.98. The third kappa shape index (κ3) is 5.32. The quantitative estimate of drug-likeness (QED) is 0.390. The Kier molecular flexibility index (Phi) is 6.67. The monoisotopic (exact) mass is 628 g/mol.